The summed E-state index contributed by atoms with van der Waals surface area (Å²) in [5, 5.41) is 0. The highest BCUT2D eigenvalue weighted by molar-refractivity contribution is 7.79. The Morgan fingerprint density at radius 1 is 0.800 bits per heavy atom. The molecule has 5 heteroatoms. The fraction of sp³-hybridized carbons (Fsp3) is 0.0500. The summed E-state index contributed by atoms with van der Waals surface area (Å²) in [6.45, 7) is 0. The maximum absolute atomic E-state index is 11.8. The van der Waals surface area contributed by atoms with E-state index in [4.69, 9.17) is 17.2 Å². The zero-order valence-electron chi connectivity index (χ0n) is 13.9. The van der Waals surface area contributed by atoms with Crippen LogP contribution in [0.4, 0.5) is 11.4 Å². The fourth-order valence-corrected chi connectivity index (χ4v) is 2.56. The van der Waals surface area contributed by atoms with Gasteiger partial charge in [0.1, 0.15) is 0 Å². The Labute approximate surface area is 153 Å². The molecule has 0 saturated carbocycles. The standard InChI is InChI=1S/C19H17N3O.CH4S/c20-15-8-6-13(7-9-15)16-10-14(12-4-2-1-3-5-12)11-17(18(16)21)19(22)23;1-2/h1-11H,20-21H2,(H2,22,23);2H,1H3. The van der Waals surface area contributed by atoms with Crippen molar-refractivity contribution in [1.29, 1.82) is 0 Å². The van der Waals surface area contributed by atoms with Crippen LogP contribution in [0, 0.1) is 0 Å². The third-order valence-corrected chi connectivity index (χ3v) is 3.77. The molecule has 0 bridgehead atoms. The molecule has 3 aromatic carbocycles. The molecule has 0 unspecified atom stereocenters. The van der Waals surface area contributed by atoms with Gasteiger partial charge in [-0.05, 0) is 47.2 Å². The Hall–Kier alpha value is -2.92. The second-order valence-electron chi connectivity index (χ2n) is 5.34. The molecule has 0 aliphatic heterocycles. The Balaban J connectivity index is 0.00000109. The first kappa shape index (κ1) is 18.4. The third kappa shape index (κ3) is 4.14. The van der Waals surface area contributed by atoms with Crippen molar-refractivity contribution in [2.75, 3.05) is 17.7 Å². The molecule has 0 radical (unpaired) electrons. The molecule has 3 aromatic rings. The van der Waals surface area contributed by atoms with Crippen LogP contribution in [0.2, 0.25) is 0 Å². The normalized spacial score (nSPS) is 9.84. The minimum Gasteiger partial charge on any atom is -0.399 e. The second kappa shape index (κ2) is 8.26. The highest BCUT2D eigenvalue weighted by Gasteiger charge is 2.14. The van der Waals surface area contributed by atoms with Crippen molar-refractivity contribution in [3.63, 3.8) is 0 Å². The van der Waals surface area contributed by atoms with Gasteiger partial charge in [-0.1, -0.05) is 42.5 Å². The maximum atomic E-state index is 11.8. The summed E-state index contributed by atoms with van der Waals surface area (Å²) in [7, 11) is 0. The quantitative estimate of drug-likeness (QED) is 0.426. The summed E-state index contributed by atoms with van der Waals surface area (Å²) in [5.74, 6) is -0.544. The topological polar surface area (TPSA) is 95.1 Å². The first-order valence-electron chi connectivity index (χ1n) is 7.65. The molecule has 0 spiro atoms. The summed E-state index contributed by atoms with van der Waals surface area (Å²) in [6.07, 6.45) is 1.69. The number of primary amides is 1. The number of nitrogen functional groups attached to an aromatic ring is 2. The van der Waals surface area contributed by atoms with Gasteiger partial charge in [0.15, 0.2) is 0 Å². The van der Waals surface area contributed by atoms with Gasteiger partial charge in [0, 0.05) is 11.3 Å². The lowest BCUT2D eigenvalue weighted by atomic mass is 9.94. The number of rotatable bonds is 3. The fourth-order valence-electron chi connectivity index (χ4n) is 2.56. The highest BCUT2D eigenvalue weighted by Crippen LogP contribution is 2.34. The predicted octanol–water partition coefficient (Wildman–Crippen LogP) is 3.83. The van der Waals surface area contributed by atoms with Crippen LogP contribution in [0.25, 0.3) is 22.3 Å². The van der Waals surface area contributed by atoms with E-state index in [1.807, 2.05) is 48.5 Å². The largest absolute Gasteiger partial charge is 0.399 e. The average molecular weight is 351 g/mol. The summed E-state index contributed by atoms with van der Waals surface area (Å²) in [6, 6.07) is 20.8. The first-order valence-corrected chi connectivity index (χ1v) is 8.55. The van der Waals surface area contributed by atoms with Crippen LogP contribution in [0.1, 0.15) is 10.4 Å². The van der Waals surface area contributed by atoms with Gasteiger partial charge in [-0.2, -0.15) is 12.6 Å². The molecule has 6 N–H and O–H groups in total. The lowest BCUT2D eigenvalue weighted by Crippen LogP contribution is -2.14. The summed E-state index contributed by atoms with van der Waals surface area (Å²) in [5.41, 5.74) is 22.3. The number of benzene rings is 3. The third-order valence-electron chi connectivity index (χ3n) is 3.77. The SMILES string of the molecule is CS.NC(=O)c1cc(-c2ccccc2)cc(-c2ccc(N)cc2)c1N. The van der Waals surface area contributed by atoms with E-state index in [-0.39, 0.29) is 0 Å². The molecule has 0 aliphatic rings. The van der Waals surface area contributed by atoms with Gasteiger partial charge in [-0.15, -0.1) is 0 Å². The summed E-state index contributed by atoms with van der Waals surface area (Å²) >= 11 is 3.53. The number of amides is 1. The lowest BCUT2D eigenvalue weighted by Gasteiger charge is -2.13. The van der Waals surface area contributed by atoms with E-state index < -0.39 is 5.91 Å². The lowest BCUT2D eigenvalue weighted by molar-refractivity contribution is 0.100. The molecular formula is C20H21N3OS. The molecule has 0 aromatic heterocycles. The molecule has 0 heterocycles. The molecule has 0 fully saturated rings. The number of carbonyl (C=O) groups excluding carboxylic acids is 1. The predicted molar refractivity (Wildman–Crippen MR) is 110 cm³/mol. The van der Waals surface area contributed by atoms with Crippen LogP contribution in [0.5, 0.6) is 0 Å². The Morgan fingerprint density at radius 3 is 1.96 bits per heavy atom. The summed E-state index contributed by atoms with van der Waals surface area (Å²) in [4.78, 5) is 11.8. The minimum absolute atomic E-state index is 0.318. The number of hydrogen-bond acceptors (Lipinski definition) is 4. The van der Waals surface area contributed by atoms with Crippen LogP contribution < -0.4 is 17.2 Å². The van der Waals surface area contributed by atoms with Crippen molar-refractivity contribution in [1.82, 2.24) is 0 Å². The summed E-state index contributed by atoms with van der Waals surface area (Å²) < 4.78 is 0. The average Bonchev–Trinajstić information content (AvgIpc) is 2.65. The molecule has 0 aliphatic carbocycles. The van der Waals surface area contributed by atoms with Gasteiger partial charge in [0.25, 0.3) is 5.91 Å². The van der Waals surface area contributed by atoms with Crippen molar-refractivity contribution < 1.29 is 4.79 Å². The first-order chi connectivity index (χ1) is 12.1. The van der Waals surface area contributed by atoms with Crippen molar-refractivity contribution in [2.24, 2.45) is 5.73 Å². The van der Waals surface area contributed by atoms with Crippen LogP contribution in [0.3, 0.4) is 0 Å². The molecule has 128 valence electrons. The molecule has 25 heavy (non-hydrogen) atoms. The Morgan fingerprint density at radius 2 is 1.40 bits per heavy atom. The Bertz CT molecular complexity index is 862. The van der Waals surface area contributed by atoms with E-state index in [9.17, 15) is 4.79 Å². The van der Waals surface area contributed by atoms with Crippen LogP contribution in [-0.4, -0.2) is 12.2 Å². The van der Waals surface area contributed by atoms with Crippen molar-refractivity contribution in [2.45, 2.75) is 0 Å². The van der Waals surface area contributed by atoms with Gasteiger partial charge in [0.05, 0.1) is 11.3 Å². The van der Waals surface area contributed by atoms with E-state index in [0.29, 0.717) is 16.9 Å². The van der Waals surface area contributed by atoms with Gasteiger partial charge in [0.2, 0.25) is 0 Å². The van der Waals surface area contributed by atoms with Crippen molar-refractivity contribution >= 4 is 29.9 Å². The van der Waals surface area contributed by atoms with Gasteiger partial charge in [-0.3, -0.25) is 4.79 Å². The number of thiol groups is 1. The molecule has 0 atom stereocenters. The van der Waals surface area contributed by atoms with Crippen LogP contribution >= 0.6 is 12.6 Å². The van der Waals surface area contributed by atoms with E-state index in [1.165, 1.54) is 0 Å². The highest BCUT2D eigenvalue weighted by atomic mass is 32.1. The molecule has 0 saturated heterocycles. The zero-order valence-corrected chi connectivity index (χ0v) is 14.8. The Kier molecular flexibility index (Phi) is 6.08. The van der Waals surface area contributed by atoms with Crippen molar-refractivity contribution in [3.05, 3.63) is 72.3 Å². The van der Waals surface area contributed by atoms with Crippen LogP contribution in [-0.2, 0) is 0 Å². The van der Waals surface area contributed by atoms with E-state index >= 15 is 0 Å². The van der Waals surface area contributed by atoms with Gasteiger partial charge >= 0.3 is 0 Å². The van der Waals surface area contributed by atoms with Gasteiger partial charge < -0.3 is 17.2 Å². The van der Waals surface area contributed by atoms with E-state index in [1.54, 1.807) is 24.5 Å². The van der Waals surface area contributed by atoms with Gasteiger partial charge in [-0.25, -0.2) is 0 Å². The molecule has 1 amide bonds. The number of carbonyl (C=O) groups is 1. The number of hydrogen-bond donors (Lipinski definition) is 4. The zero-order chi connectivity index (χ0) is 18.4. The second-order valence-corrected chi connectivity index (χ2v) is 5.34. The number of nitrogens with two attached hydrogens (primary N) is 3. The molecule has 3 rings (SSSR count). The molecular weight excluding hydrogens is 330 g/mol. The number of anilines is 2. The monoisotopic (exact) mass is 351 g/mol. The van der Waals surface area contributed by atoms with E-state index in [0.717, 1.165) is 22.3 Å². The maximum Gasteiger partial charge on any atom is 0.250 e. The van der Waals surface area contributed by atoms with Crippen molar-refractivity contribution in [3.8, 4) is 22.3 Å². The molecule has 4 nitrogen and oxygen atoms in total. The smallest absolute Gasteiger partial charge is 0.250 e. The van der Waals surface area contributed by atoms with E-state index in [2.05, 4.69) is 12.6 Å². The minimum atomic E-state index is -0.544. The van der Waals surface area contributed by atoms with Crippen LogP contribution in [0.15, 0.2) is 66.7 Å².